The van der Waals surface area contributed by atoms with E-state index in [0.29, 0.717) is 29.4 Å². The lowest BCUT2D eigenvalue weighted by Gasteiger charge is -2.23. The van der Waals surface area contributed by atoms with Crippen LogP contribution in [0.1, 0.15) is 22.5 Å². The van der Waals surface area contributed by atoms with Gasteiger partial charge < -0.3 is 5.32 Å². The Balaban J connectivity index is 1.68. The highest BCUT2D eigenvalue weighted by Crippen LogP contribution is 2.22. The Hall–Kier alpha value is -2.69. The molecule has 2 N–H and O–H groups in total. The van der Waals surface area contributed by atoms with Crippen LogP contribution in [0.5, 0.6) is 0 Å². The number of nitrogens with one attached hydrogen (secondary N) is 2. The van der Waals surface area contributed by atoms with E-state index >= 15 is 0 Å². The van der Waals surface area contributed by atoms with Gasteiger partial charge in [0, 0.05) is 18.8 Å². The van der Waals surface area contributed by atoms with Crippen molar-refractivity contribution in [3.63, 3.8) is 0 Å². The van der Waals surface area contributed by atoms with Crippen LogP contribution < -0.4 is 5.32 Å². The first-order valence-corrected chi connectivity index (χ1v) is 13.1. The van der Waals surface area contributed by atoms with Crippen LogP contribution in [0, 0.1) is 20.8 Å². The largest absolute Gasteiger partial charge is 0.354 e. The molecule has 0 unspecified atom stereocenters. The fourth-order valence-electron chi connectivity index (χ4n) is 3.24. The van der Waals surface area contributed by atoms with Crippen molar-refractivity contribution >= 4 is 27.7 Å². The number of aryl methyl sites for hydroxylation is 3. The van der Waals surface area contributed by atoms with E-state index in [1.165, 1.54) is 16.1 Å². The van der Waals surface area contributed by atoms with Gasteiger partial charge in [-0.2, -0.15) is 4.31 Å². The molecule has 2 aromatic carbocycles. The average molecular weight is 488 g/mol. The maximum atomic E-state index is 13.5. The van der Waals surface area contributed by atoms with Crippen molar-refractivity contribution in [3.8, 4) is 0 Å². The predicted molar refractivity (Wildman–Crippen MR) is 130 cm³/mol. The zero-order valence-corrected chi connectivity index (χ0v) is 20.7. The van der Waals surface area contributed by atoms with Gasteiger partial charge in [-0.1, -0.05) is 54.2 Å². The van der Waals surface area contributed by atoms with Crippen molar-refractivity contribution in [3.05, 3.63) is 71.0 Å². The molecule has 0 atom stereocenters. The molecule has 0 saturated carbocycles. The molecule has 0 radical (unpaired) electrons. The van der Waals surface area contributed by atoms with Gasteiger partial charge in [0.25, 0.3) is 0 Å². The number of sulfonamides is 1. The van der Waals surface area contributed by atoms with E-state index in [9.17, 15) is 13.2 Å². The Morgan fingerprint density at radius 1 is 1.12 bits per heavy atom. The number of carbonyl (C=O) groups excluding carboxylic acids is 1. The summed E-state index contributed by atoms with van der Waals surface area (Å²) in [7, 11) is -3.85. The summed E-state index contributed by atoms with van der Waals surface area (Å²) in [6, 6.07) is 15.0. The topological polar surface area (TPSA) is 108 Å². The van der Waals surface area contributed by atoms with Gasteiger partial charge in [0.2, 0.25) is 21.1 Å². The first kappa shape index (κ1) is 24.9. The molecule has 1 aromatic heterocycles. The van der Waals surface area contributed by atoms with E-state index in [0.717, 1.165) is 17.0 Å². The molecule has 176 valence electrons. The van der Waals surface area contributed by atoms with Gasteiger partial charge in [-0.25, -0.2) is 13.4 Å². The summed E-state index contributed by atoms with van der Waals surface area (Å²) >= 11 is 1.42. The third-order valence-corrected chi connectivity index (χ3v) is 7.84. The number of benzene rings is 2. The van der Waals surface area contributed by atoms with Crippen LogP contribution >= 0.6 is 11.8 Å². The van der Waals surface area contributed by atoms with Crippen molar-refractivity contribution < 1.29 is 13.2 Å². The fraction of sp³-hybridized carbons (Fsp3) is 0.348. The molecular weight excluding hydrogens is 458 g/mol. The average Bonchev–Trinajstić information content (AvgIpc) is 3.21. The molecule has 3 aromatic rings. The number of hydrogen-bond acceptors (Lipinski definition) is 6. The molecule has 0 aliphatic rings. The SMILES string of the molecule is Cc1ccc(C)c(S(=O)(=O)N(CCc2ccccc2)CC(=O)NCCSc2n[nH]c(C)n2)c1. The van der Waals surface area contributed by atoms with Crippen molar-refractivity contribution in [2.24, 2.45) is 0 Å². The highest BCUT2D eigenvalue weighted by atomic mass is 32.2. The number of hydrogen-bond donors (Lipinski definition) is 2. The van der Waals surface area contributed by atoms with E-state index in [-0.39, 0.29) is 23.9 Å². The van der Waals surface area contributed by atoms with Crippen LogP contribution in [0.4, 0.5) is 0 Å². The van der Waals surface area contributed by atoms with E-state index in [1.807, 2.05) is 50.2 Å². The monoisotopic (exact) mass is 487 g/mol. The molecule has 1 heterocycles. The molecule has 0 spiro atoms. The summed E-state index contributed by atoms with van der Waals surface area (Å²) in [6.45, 7) is 5.79. The van der Waals surface area contributed by atoms with Gasteiger partial charge in [-0.3, -0.25) is 9.89 Å². The standard InChI is InChI=1S/C23H29N5O3S2/c1-17-9-10-18(2)21(15-17)33(30,31)28(13-11-20-7-5-4-6-8-20)16-22(29)24-12-14-32-23-25-19(3)26-27-23/h4-10,15H,11-14,16H2,1-3H3,(H,24,29)(H,25,26,27). The van der Waals surface area contributed by atoms with Crippen molar-refractivity contribution in [1.82, 2.24) is 24.8 Å². The van der Waals surface area contributed by atoms with Crippen LogP contribution in [0.25, 0.3) is 0 Å². The molecule has 33 heavy (non-hydrogen) atoms. The Morgan fingerprint density at radius 3 is 2.58 bits per heavy atom. The minimum atomic E-state index is -3.85. The molecule has 3 rings (SSSR count). The first-order chi connectivity index (χ1) is 15.8. The van der Waals surface area contributed by atoms with Gasteiger partial charge in [0.05, 0.1) is 11.4 Å². The predicted octanol–water partition coefficient (Wildman–Crippen LogP) is 2.87. The van der Waals surface area contributed by atoms with Crippen LogP contribution in [-0.4, -0.2) is 59.2 Å². The lowest BCUT2D eigenvalue weighted by Crippen LogP contribution is -2.42. The number of carbonyl (C=O) groups is 1. The molecule has 0 aliphatic carbocycles. The Morgan fingerprint density at radius 2 is 1.88 bits per heavy atom. The maximum absolute atomic E-state index is 13.5. The van der Waals surface area contributed by atoms with Crippen LogP contribution in [0.2, 0.25) is 0 Å². The van der Waals surface area contributed by atoms with Crippen LogP contribution in [0.3, 0.4) is 0 Å². The summed E-state index contributed by atoms with van der Waals surface area (Å²) in [6.07, 6.45) is 0.512. The Bertz CT molecular complexity index is 1180. The molecular formula is C23H29N5O3S2. The summed E-state index contributed by atoms with van der Waals surface area (Å²) in [5.74, 6) is 0.965. The van der Waals surface area contributed by atoms with Gasteiger partial charge in [-0.15, -0.1) is 5.10 Å². The Kier molecular flexibility index (Phi) is 8.65. The summed E-state index contributed by atoms with van der Waals surface area (Å²) in [4.78, 5) is 17.1. The third-order valence-electron chi connectivity index (χ3n) is 5.01. The molecule has 0 aliphatic heterocycles. The third kappa shape index (κ3) is 7.15. The lowest BCUT2D eigenvalue weighted by molar-refractivity contribution is -0.121. The molecule has 1 amide bonds. The summed E-state index contributed by atoms with van der Waals surface area (Å²) in [5, 5.41) is 10.2. The highest BCUT2D eigenvalue weighted by molar-refractivity contribution is 7.99. The zero-order valence-electron chi connectivity index (χ0n) is 19.0. The normalized spacial score (nSPS) is 11.6. The number of aromatic amines is 1. The molecule has 10 heteroatoms. The second kappa shape index (κ2) is 11.4. The summed E-state index contributed by atoms with van der Waals surface area (Å²) in [5.41, 5.74) is 2.52. The van der Waals surface area contributed by atoms with E-state index in [2.05, 4.69) is 20.5 Å². The fourth-order valence-corrected chi connectivity index (χ4v) is 5.65. The number of nitrogens with zero attached hydrogens (tertiary/aromatic N) is 3. The van der Waals surface area contributed by atoms with Gasteiger partial charge in [-0.05, 0) is 49.9 Å². The number of rotatable bonds is 11. The zero-order chi connectivity index (χ0) is 23.8. The minimum absolute atomic E-state index is 0.207. The first-order valence-electron chi connectivity index (χ1n) is 10.7. The number of amides is 1. The van der Waals surface area contributed by atoms with E-state index in [1.54, 1.807) is 19.1 Å². The Labute approximate surface area is 199 Å². The number of thioether (sulfide) groups is 1. The maximum Gasteiger partial charge on any atom is 0.243 e. The van der Waals surface area contributed by atoms with Gasteiger partial charge in [0.1, 0.15) is 5.82 Å². The van der Waals surface area contributed by atoms with Crippen molar-refractivity contribution in [2.75, 3.05) is 25.4 Å². The number of H-pyrrole nitrogens is 1. The van der Waals surface area contributed by atoms with Crippen LogP contribution in [-0.2, 0) is 21.2 Å². The molecule has 8 nitrogen and oxygen atoms in total. The second-order valence-corrected chi connectivity index (χ2v) is 10.7. The lowest BCUT2D eigenvalue weighted by atomic mass is 10.1. The second-order valence-electron chi connectivity index (χ2n) is 7.74. The van der Waals surface area contributed by atoms with Gasteiger partial charge >= 0.3 is 0 Å². The van der Waals surface area contributed by atoms with Crippen molar-refractivity contribution in [2.45, 2.75) is 37.2 Å². The van der Waals surface area contributed by atoms with E-state index < -0.39 is 10.0 Å². The van der Waals surface area contributed by atoms with Crippen molar-refractivity contribution in [1.29, 1.82) is 0 Å². The number of aromatic nitrogens is 3. The smallest absolute Gasteiger partial charge is 0.243 e. The molecule has 0 fully saturated rings. The molecule has 0 bridgehead atoms. The molecule has 0 saturated heterocycles. The highest BCUT2D eigenvalue weighted by Gasteiger charge is 2.28. The van der Waals surface area contributed by atoms with E-state index in [4.69, 9.17) is 0 Å². The minimum Gasteiger partial charge on any atom is -0.354 e. The summed E-state index contributed by atoms with van der Waals surface area (Å²) < 4.78 is 28.3. The van der Waals surface area contributed by atoms with Gasteiger partial charge in [0.15, 0.2) is 0 Å². The van der Waals surface area contributed by atoms with Crippen LogP contribution in [0.15, 0.2) is 58.6 Å². The quantitative estimate of drug-likeness (QED) is 0.318.